The number of carboxylic acids is 1. The quantitative estimate of drug-likeness (QED) is 0.735. The average Bonchev–Trinajstić information content (AvgIpc) is 2.58. The zero-order valence-corrected chi connectivity index (χ0v) is 11.7. The summed E-state index contributed by atoms with van der Waals surface area (Å²) in [5.41, 5.74) is -0.566. The predicted molar refractivity (Wildman–Crippen MR) is 64.6 cm³/mol. The number of rotatable bonds is 2. The van der Waals surface area contributed by atoms with E-state index in [4.69, 9.17) is 4.74 Å². The third kappa shape index (κ3) is 3.62. The molecule has 0 aromatic heterocycles. The van der Waals surface area contributed by atoms with Crippen LogP contribution in [0.2, 0.25) is 0 Å². The van der Waals surface area contributed by atoms with E-state index in [0.717, 1.165) is 0 Å². The first kappa shape index (κ1) is 14.8. The lowest BCUT2D eigenvalue weighted by Gasteiger charge is -2.24. The highest BCUT2D eigenvalue weighted by atomic mass is 16.6. The molecule has 1 amide bonds. The van der Waals surface area contributed by atoms with E-state index in [1.54, 1.807) is 20.8 Å². The number of amides is 1. The van der Waals surface area contributed by atoms with E-state index in [1.807, 2.05) is 13.8 Å². The number of ether oxygens (including phenoxy) is 1. The molecule has 0 aromatic carbocycles. The predicted octanol–water partition coefficient (Wildman–Crippen LogP) is 0.875. The summed E-state index contributed by atoms with van der Waals surface area (Å²) in [7, 11) is 0. The first-order valence-corrected chi connectivity index (χ1v) is 6.30. The van der Waals surface area contributed by atoms with E-state index in [-0.39, 0.29) is 18.4 Å². The Morgan fingerprint density at radius 1 is 1.28 bits per heavy atom. The molecular formula is C13H22NO4-. The Bertz CT molecular complexity index is 332. The number of carbonyl (C=O) groups excluding carboxylic acids is 2. The summed E-state index contributed by atoms with van der Waals surface area (Å²) in [6, 6.07) is 0. The van der Waals surface area contributed by atoms with E-state index in [1.165, 1.54) is 4.90 Å². The van der Waals surface area contributed by atoms with Gasteiger partial charge in [-0.25, -0.2) is 4.79 Å². The van der Waals surface area contributed by atoms with Crippen molar-refractivity contribution in [1.82, 2.24) is 4.90 Å². The van der Waals surface area contributed by atoms with Crippen molar-refractivity contribution in [2.24, 2.45) is 17.8 Å². The molecule has 18 heavy (non-hydrogen) atoms. The Morgan fingerprint density at radius 3 is 2.17 bits per heavy atom. The summed E-state index contributed by atoms with van der Waals surface area (Å²) < 4.78 is 5.25. The summed E-state index contributed by atoms with van der Waals surface area (Å²) in [6.45, 7) is 9.88. The van der Waals surface area contributed by atoms with Gasteiger partial charge in [-0.15, -0.1) is 0 Å². The SMILES string of the molecule is CC(C)[C@@H]1CN(C(=O)OC(C)(C)C)C[C@H]1C(=O)[O-]. The Labute approximate surface area is 108 Å². The molecule has 1 fully saturated rings. The maximum absolute atomic E-state index is 11.9. The van der Waals surface area contributed by atoms with E-state index >= 15 is 0 Å². The topological polar surface area (TPSA) is 69.7 Å². The average molecular weight is 256 g/mol. The van der Waals surface area contributed by atoms with Crippen molar-refractivity contribution in [2.45, 2.75) is 40.2 Å². The third-order valence-electron chi connectivity index (χ3n) is 3.18. The number of nitrogens with zero attached hydrogens (tertiary/aromatic N) is 1. The summed E-state index contributed by atoms with van der Waals surface area (Å²) in [5.74, 6) is -1.56. The van der Waals surface area contributed by atoms with Crippen molar-refractivity contribution in [2.75, 3.05) is 13.1 Å². The third-order valence-corrected chi connectivity index (χ3v) is 3.18. The second-order valence-corrected chi connectivity index (χ2v) is 6.22. The molecular weight excluding hydrogens is 234 g/mol. The van der Waals surface area contributed by atoms with Crippen LogP contribution < -0.4 is 5.11 Å². The van der Waals surface area contributed by atoms with Gasteiger partial charge in [0.1, 0.15) is 5.60 Å². The van der Waals surface area contributed by atoms with Gasteiger partial charge in [-0.05, 0) is 32.6 Å². The maximum atomic E-state index is 11.9. The second-order valence-electron chi connectivity index (χ2n) is 6.22. The van der Waals surface area contributed by atoms with Crippen molar-refractivity contribution in [3.05, 3.63) is 0 Å². The molecule has 1 aliphatic rings. The Hall–Kier alpha value is -1.26. The lowest BCUT2D eigenvalue weighted by Crippen LogP contribution is -2.38. The van der Waals surface area contributed by atoms with Crippen LogP contribution in [0.5, 0.6) is 0 Å². The monoisotopic (exact) mass is 256 g/mol. The number of likely N-dealkylation sites (tertiary alicyclic amines) is 1. The molecule has 104 valence electrons. The van der Waals surface area contributed by atoms with Crippen LogP contribution in [-0.2, 0) is 9.53 Å². The lowest BCUT2D eigenvalue weighted by atomic mass is 9.86. The molecule has 5 heteroatoms. The smallest absolute Gasteiger partial charge is 0.410 e. The minimum Gasteiger partial charge on any atom is -0.550 e. The van der Waals surface area contributed by atoms with Crippen LogP contribution in [0.15, 0.2) is 0 Å². The number of carboxylic acid groups (broad SMARTS) is 1. The normalized spacial score (nSPS) is 24.4. The van der Waals surface area contributed by atoms with Gasteiger partial charge in [-0.3, -0.25) is 0 Å². The van der Waals surface area contributed by atoms with Gasteiger partial charge in [0.2, 0.25) is 0 Å². The summed E-state index contributed by atoms with van der Waals surface area (Å²) in [4.78, 5) is 24.4. The van der Waals surface area contributed by atoms with Crippen molar-refractivity contribution >= 4 is 12.1 Å². The Kier molecular flexibility index (Phi) is 4.24. The summed E-state index contributed by atoms with van der Waals surface area (Å²) >= 11 is 0. The van der Waals surface area contributed by atoms with Crippen LogP contribution >= 0.6 is 0 Å². The number of hydrogen-bond donors (Lipinski definition) is 0. The van der Waals surface area contributed by atoms with Crippen molar-refractivity contribution in [3.63, 3.8) is 0 Å². The van der Waals surface area contributed by atoms with Gasteiger partial charge in [0.05, 0.1) is 0 Å². The van der Waals surface area contributed by atoms with E-state index < -0.39 is 23.6 Å². The molecule has 0 aromatic rings. The fourth-order valence-electron chi connectivity index (χ4n) is 2.23. The van der Waals surface area contributed by atoms with Crippen LogP contribution in [0.25, 0.3) is 0 Å². The van der Waals surface area contributed by atoms with E-state index in [2.05, 4.69) is 0 Å². The largest absolute Gasteiger partial charge is 0.550 e. The van der Waals surface area contributed by atoms with Gasteiger partial charge in [-0.1, -0.05) is 13.8 Å². The van der Waals surface area contributed by atoms with Crippen molar-refractivity contribution in [1.29, 1.82) is 0 Å². The molecule has 1 saturated heterocycles. The molecule has 1 aliphatic heterocycles. The molecule has 2 atom stereocenters. The van der Waals surface area contributed by atoms with Gasteiger partial charge in [-0.2, -0.15) is 0 Å². The minimum absolute atomic E-state index is 0.0671. The van der Waals surface area contributed by atoms with Gasteiger partial charge in [0.15, 0.2) is 0 Å². The molecule has 0 saturated carbocycles. The number of carbonyl (C=O) groups is 2. The molecule has 0 radical (unpaired) electrons. The molecule has 0 spiro atoms. The fraction of sp³-hybridized carbons (Fsp3) is 0.846. The Morgan fingerprint density at radius 2 is 1.83 bits per heavy atom. The molecule has 1 rings (SSSR count). The Balaban J connectivity index is 2.72. The summed E-state index contributed by atoms with van der Waals surface area (Å²) in [5, 5.41) is 11.1. The van der Waals surface area contributed by atoms with E-state index in [0.29, 0.717) is 6.54 Å². The molecule has 0 unspecified atom stereocenters. The van der Waals surface area contributed by atoms with Crippen LogP contribution in [-0.4, -0.2) is 35.7 Å². The molecule has 1 heterocycles. The minimum atomic E-state index is -1.08. The van der Waals surface area contributed by atoms with Gasteiger partial charge >= 0.3 is 6.09 Å². The second kappa shape index (κ2) is 5.16. The number of aliphatic carboxylic acids is 1. The van der Waals surface area contributed by atoms with Gasteiger partial charge in [0.25, 0.3) is 0 Å². The first-order valence-electron chi connectivity index (χ1n) is 6.30. The van der Waals surface area contributed by atoms with E-state index in [9.17, 15) is 14.7 Å². The van der Waals surface area contributed by atoms with Crippen LogP contribution in [0, 0.1) is 17.8 Å². The van der Waals surface area contributed by atoms with Crippen LogP contribution in [0.3, 0.4) is 0 Å². The van der Waals surface area contributed by atoms with Crippen LogP contribution in [0.1, 0.15) is 34.6 Å². The van der Waals surface area contributed by atoms with Crippen molar-refractivity contribution < 1.29 is 19.4 Å². The van der Waals surface area contributed by atoms with Gasteiger partial charge in [0, 0.05) is 25.0 Å². The lowest BCUT2D eigenvalue weighted by molar-refractivity contribution is -0.312. The highest BCUT2D eigenvalue weighted by molar-refractivity contribution is 5.73. The molecule has 0 aliphatic carbocycles. The standard InChI is InChI=1S/C13H23NO4/c1-8(2)9-6-14(7-10(9)11(15)16)12(17)18-13(3,4)5/h8-10H,6-7H2,1-5H3,(H,15,16)/p-1/t9-,10+/m0/s1. The molecule has 0 N–H and O–H groups in total. The zero-order valence-electron chi connectivity index (χ0n) is 11.7. The maximum Gasteiger partial charge on any atom is 0.410 e. The zero-order chi connectivity index (χ0) is 14.1. The highest BCUT2D eigenvalue weighted by Crippen LogP contribution is 2.30. The van der Waals surface area contributed by atoms with Crippen molar-refractivity contribution in [3.8, 4) is 0 Å². The van der Waals surface area contributed by atoms with Gasteiger partial charge < -0.3 is 19.5 Å². The summed E-state index contributed by atoms with van der Waals surface area (Å²) in [6.07, 6.45) is -0.447. The number of hydrogen-bond acceptors (Lipinski definition) is 4. The molecule has 5 nitrogen and oxygen atoms in total. The fourth-order valence-corrected chi connectivity index (χ4v) is 2.23. The molecule has 0 bridgehead atoms. The highest BCUT2D eigenvalue weighted by Gasteiger charge is 2.39. The van der Waals surface area contributed by atoms with Crippen LogP contribution in [0.4, 0.5) is 4.79 Å². The first-order chi connectivity index (χ1) is 8.11.